The maximum atomic E-state index is 13.1. The molecule has 1 amide bonds. The van der Waals surface area contributed by atoms with Crippen molar-refractivity contribution < 1.29 is 13.6 Å². The lowest BCUT2D eigenvalue weighted by Gasteiger charge is -2.20. The van der Waals surface area contributed by atoms with Crippen molar-refractivity contribution in [2.75, 3.05) is 0 Å². The maximum absolute atomic E-state index is 13.1. The van der Waals surface area contributed by atoms with Gasteiger partial charge in [0, 0.05) is 13.3 Å². The number of benzene rings is 1. The van der Waals surface area contributed by atoms with E-state index in [1.807, 2.05) is 6.92 Å². The van der Waals surface area contributed by atoms with E-state index >= 15 is 0 Å². The number of hydrogen-bond donors (Lipinski definition) is 1. The Balaban J connectivity index is 2.05. The summed E-state index contributed by atoms with van der Waals surface area (Å²) in [5.41, 5.74) is 0.966. The molecule has 136 valence electrons. The number of halogens is 1. The molecular weight excluding hydrogens is 321 g/mol. The molecule has 2 aromatic rings. The second-order valence-electron chi connectivity index (χ2n) is 6.77. The molecule has 0 aliphatic carbocycles. The molecule has 0 saturated heterocycles. The summed E-state index contributed by atoms with van der Waals surface area (Å²) >= 11 is 0. The van der Waals surface area contributed by atoms with Gasteiger partial charge in [-0.25, -0.2) is 4.39 Å². The van der Waals surface area contributed by atoms with Gasteiger partial charge >= 0.3 is 0 Å². The summed E-state index contributed by atoms with van der Waals surface area (Å²) in [4.78, 5) is 12.5. The number of amides is 1. The molecule has 0 fully saturated rings. The molecule has 0 saturated carbocycles. The van der Waals surface area contributed by atoms with Gasteiger partial charge in [0.15, 0.2) is 0 Å². The highest BCUT2D eigenvalue weighted by Gasteiger charge is 2.23. The predicted octanol–water partition coefficient (Wildman–Crippen LogP) is 4.30. The molecule has 0 aliphatic rings. The Morgan fingerprint density at radius 1 is 1.24 bits per heavy atom. The van der Waals surface area contributed by atoms with Crippen LogP contribution >= 0.6 is 0 Å². The van der Waals surface area contributed by atoms with E-state index in [0.717, 1.165) is 18.4 Å². The topological polar surface area (TPSA) is 68.0 Å². The zero-order valence-corrected chi connectivity index (χ0v) is 15.3. The first-order valence-electron chi connectivity index (χ1n) is 8.73. The zero-order valence-electron chi connectivity index (χ0n) is 15.3. The molecule has 0 bridgehead atoms. The summed E-state index contributed by atoms with van der Waals surface area (Å²) in [6, 6.07) is 6.05. The Kier molecular flexibility index (Phi) is 6.67. The van der Waals surface area contributed by atoms with Gasteiger partial charge in [-0.05, 0) is 42.4 Å². The predicted molar refractivity (Wildman–Crippen MR) is 93.4 cm³/mol. The highest BCUT2D eigenvalue weighted by molar-refractivity contribution is 5.77. The second kappa shape index (κ2) is 8.74. The molecule has 2 unspecified atom stereocenters. The average molecular weight is 347 g/mol. The Morgan fingerprint density at radius 2 is 1.92 bits per heavy atom. The van der Waals surface area contributed by atoms with Crippen molar-refractivity contribution in [3.63, 3.8) is 0 Å². The molecule has 1 heterocycles. The Bertz CT molecular complexity index is 682. The van der Waals surface area contributed by atoms with Crippen molar-refractivity contribution in [3.8, 4) is 0 Å². The molecule has 2 atom stereocenters. The third-order valence-electron chi connectivity index (χ3n) is 4.15. The fraction of sp³-hybridized carbons (Fsp3) is 0.526. The second-order valence-corrected chi connectivity index (χ2v) is 6.77. The van der Waals surface area contributed by atoms with Crippen LogP contribution in [-0.4, -0.2) is 16.1 Å². The first-order chi connectivity index (χ1) is 11.9. The van der Waals surface area contributed by atoms with Crippen LogP contribution in [0.4, 0.5) is 4.39 Å². The summed E-state index contributed by atoms with van der Waals surface area (Å²) in [6.45, 7) is 7.91. The minimum Gasteiger partial charge on any atom is -0.423 e. The standard InChI is InChI=1S/C19H26FN3O2/c1-5-14(15-6-8-16(20)9-7-15)11-18(24)21-17(10-12(2)3)19-23-22-13(4)25-19/h6-9,12,14,17H,5,10-11H2,1-4H3,(H,21,24). The van der Waals surface area contributed by atoms with E-state index in [-0.39, 0.29) is 23.7 Å². The van der Waals surface area contributed by atoms with Crippen LogP contribution in [0.1, 0.15) is 69.3 Å². The molecular formula is C19H26FN3O2. The summed E-state index contributed by atoms with van der Waals surface area (Å²) in [5.74, 6) is 0.996. The number of rotatable bonds is 8. The van der Waals surface area contributed by atoms with E-state index in [4.69, 9.17) is 4.42 Å². The van der Waals surface area contributed by atoms with E-state index in [9.17, 15) is 9.18 Å². The Hall–Kier alpha value is -2.24. The molecule has 1 aromatic heterocycles. The highest BCUT2D eigenvalue weighted by Crippen LogP contribution is 2.25. The van der Waals surface area contributed by atoms with Gasteiger partial charge in [0.1, 0.15) is 11.9 Å². The van der Waals surface area contributed by atoms with Gasteiger partial charge in [0.05, 0.1) is 0 Å². The van der Waals surface area contributed by atoms with Crippen LogP contribution in [0.2, 0.25) is 0 Å². The van der Waals surface area contributed by atoms with Crippen LogP contribution < -0.4 is 5.32 Å². The van der Waals surface area contributed by atoms with E-state index in [1.54, 1.807) is 19.1 Å². The molecule has 6 heteroatoms. The fourth-order valence-corrected chi connectivity index (χ4v) is 2.86. The molecule has 0 radical (unpaired) electrons. The highest BCUT2D eigenvalue weighted by atomic mass is 19.1. The summed E-state index contributed by atoms with van der Waals surface area (Å²) in [5, 5.41) is 10.9. The number of nitrogens with one attached hydrogen (secondary N) is 1. The number of nitrogens with zero attached hydrogens (tertiary/aromatic N) is 2. The van der Waals surface area contributed by atoms with Gasteiger partial charge < -0.3 is 9.73 Å². The Morgan fingerprint density at radius 3 is 2.44 bits per heavy atom. The monoisotopic (exact) mass is 347 g/mol. The van der Waals surface area contributed by atoms with E-state index in [0.29, 0.717) is 24.1 Å². The molecule has 5 nitrogen and oxygen atoms in total. The number of aryl methyl sites for hydroxylation is 1. The third-order valence-corrected chi connectivity index (χ3v) is 4.15. The quantitative estimate of drug-likeness (QED) is 0.773. The van der Waals surface area contributed by atoms with Gasteiger partial charge in [0.25, 0.3) is 0 Å². The first kappa shape index (κ1) is 19.1. The van der Waals surface area contributed by atoms with E-state index < -0.39 is 0 Å². The van der Waals surface area contributed by atoms with Gasteiger partial charge in [-0.3, -0.25) is 4.79 Å². The van der Waals surface area contributed by atoms with Crippen LogP contribution in [0.25, 0.3) is 0 Å². The molecule has 2 rings (SSSR count). The van der Waals surface area contributed by atoms with Crippen LogP contribution in [0.15, 0.2) is 28.7 Å². The Labute approximate surface area is 148 Å². The van der Waals surface area contributed by atoms with Gasteiger partial charge in [0.2, 0.25) is 17.7 Å². The van der Waals surface area contributed by atoms with Crippen molar-refractivity contribution in [2.24, 2.45) is 5.92 Å². The van der Waals surface area contributed by atoms with Crippen LogP contribution in [-0.2, 0) is 4.79 Å². The fourth-order valence-electron chi connectivity index (χ4n) is 2.86. The molecule has 1 N–H and O–H groups in total. The van der Waals surface area contributed by atoms with Gasteiger partial charge in [-0.15, -0.1) is 10.2 Å². The largest absolute Gasteiger partial charge is 0.423 e. The van der Waals surface area contributed by atoms with E-state index in [1.165, 1.54) is 12.1 Å². The number of carbonyl (C=O) groups excluding carboxylic acids is 1. The lowest BCUT2D eigenvalue weighted by atomic mass is 9.92. The normalized spacial score (nSPS) is 13.7. The minimum absolute atomic E-state index is 0.0460. The minimum atomic E-state index is -0.292. The molecule has 0 aliphatic heterocycles. The lowest BCUT2D eigenvalue weighted by molar-refractivity contribution is -0.122. The van der Waals surface area contributed by atoms with Crippen LogP contribution in [0.3, 0.4) is 0 Å². The average Bonchev–Trinajstić information content (AvgIpc) is 2.99. The maximum Gasteiger partial charge on any atom is 0.238 e. The van der Waals surface area contributed by atoms with E-state index in [2.05, 4.69) is 29.4 Å². The van der Waals surface area contributed by atoms with Crippen molar-refractivity contribution in [3.05, 3.63) is 47.4 Å². The third kappa shape index (κ3) is 5.66. The van der Waals surface area contributed by atoms with Crippen molar-refractivity contribution in [1.29, 1.82) is 0 Å². The number of aromatic nitrogens is 2. The van der Waals surface area contributed by atoms with Crippen LogP contribution in [0.5, 0.6) is 0 Å². The molecule has 1 aromatic carbocycles. The van der Waals surface area contributed by atoms with Crippen LogP contribution in [0, 0.1) is 18.7 Å². The summed E-state index contributed by atoms with van der Waals surface area (Å²) in [7, 11) is 0. The van der Waals surface area contributed by atoms with Crippen molar-refractivity contribution in [2.45, 2.75) is 58.9 Å². The van der Waals surface area contributed by atoms with Crippen molar-refractivity contribution >= 4 is 5.91 Å². The molecule has 25 heavy (non-hydrogen) atoms. The number of hydrogen-bond acceptors (Lipinski definition) is 4. The van der Waals surface area contributed by atoms with Gasteiger partial charge in [-0.2, -0.15) is 0 Å². The SMILES string of the molecule is CCC(CC(=O)NC(CC(C)C)c1nnc(C)o1)c1ccc(F)cc1. The zero-order chi connectivity index (χ0) is 18.4. The van der Waals surface area contributed by atoms with Gasteiger partial charge in [-0.1, -0.05) is 32.9 Å². The molecule has 0 spiro atoms. The summed E-state index contributed by atoms with van der Waals surface area (Å²) in [6.07, 6.45) is 1.86. The summed E-state index contributed by atoms with van der Waals surface area (Å²) < 4.78 is 18.6. The van der Waals surface area contributed by atoms with Crippen molar-refractivity contribution in [1.82, 2.24) is 15.5 Å². The first-order valence-corrected chi connectivity index (χ1v) is 8.73. The lowest BCUT2D eigenvalue weighted by Crippen LogP contribution is -2.30. The number of carbonyl (C=O) groups is 1. The smallest absolute Gasteiger partial charge is 0.238 e.